The summed E-state index contributed by atoms with van der Waals surface area (Å²) in [6.45, 7) is 4.63. The zero-order chi connectivity index (χ0) is 16.3. The number of oxime groups is 1. The van der Waals surface area contributed by atoms with Crippen LogP contribution in [-0.4, -0.2) is 28.6 Å². The van der Waals surface area contributed by atoms with E-state index in [9.17, 15) is 9.59 Å². The molecule has 1 heterocycles. The molecule has 0 aliphatic carbocycles. The van der Waals surface area contributed by atoms with Crippen LogP contribution in [-0.2, 0) is 19.1 Å². The second-order valence-electron chi connectivity index (χ2n) is 5.14. The lowest BCUT2D eigenvalue weighted by Crippen LogP contribution is -2.42. The number of carbonyl (C=O) groups excluding carboxylic acids is 2. The summed E-state index contributed by atoms with van der Waals surface area (Å²) in [6.07, 6.45) is 1.24. The van der Waals surface area contributed by atoms with Crippen LogP contribution in [0.1, 0.15) is 26.3 Å². The summed E-state index contributed by atoms with van der Waals surface area (Å²) in [5, 5.41) is 14.6. The Labute approximate surface area is 127 Å². The SMILES string of the molecule is CC(=NO)c1ccc(NC=C2C(=O)OC(C)(C)OC2=O)cc1. The lowest BCUT2D eigenvalue weighted by Gasteiger charge is -2.29. The van der Waals surface area contributed by atoms with Gasteiger partial charge in [0.25, 0.3) is 5.79 Å². The van der Waals surface area contributed by atoms with Crippen molar-refractivity contribution >= 4 is 23.3 Å². The van der Waals surface area contributed by atoms with Crippen LogP contribution in [0.3, 0.4) is 0 Å². The van der Waals surface area contributed by atoms with Gasteiger partial charge in [-0.05, 0) is 24.6 Å². The van der Waals surface area contributed by atoms with Crippen molar-refractivity contribution in [3.63, 3.8) is 0 Å². The van der Waals surface area contributed by atoms with Crippen LogP contribution in [0.25, 0.3) is 0 Å². The third-order valence-electron chi connectivity index (χ3n) is 2.95. The molecule has 1 aromatic carbocycles. The summed E-state index contributed by atoms with van der Waals surface area (Å²) in [5.41, 5.74) is 1.66. The van der Waals surface area contributed by atoms with Crippen LogP contribution in [0.2, 0.25) is 0 Å². The number of ether oxygens (including phenoxy) is 2. The van der Waals surface area contributed by atoms with Crippen molar-refractivity contribution in [2.45, 2.75) is 26.6 Å². The van der Waals surface area contributed by atoms with Gasteiger partial charge >= 0.3 is 11.9 Å². The number of nitrogens with one attached hydrogen (secondary N) is 1. The zero-order valence-corrected chi connectivity index (χ0v) is 12.4. The Hall–Kier alpha value is -2.83. The van der Waals surface area contributed by atoms with Crippen molar-refractivity contribution in [1.29, 1.82) is 0 Å². The maximum Gasteiger partial charge on any atom is 0.350 e. The van der Waals surface area contributed by atoms with Crippen molar-refractivity contribution in [3.05, 3.63) is 41.6 Å². The molecule has 0 aromatic heterocycles. The predicted molar refractivity (Wildman–Crippen MR) is 78.4 cm³/mol. The van der Waals surface area contributed by atoms with Gasteiger partial charge in [-0.25, -0.2) is 9.59 Å². The van der Waals surface area contributed by atoms with Gasteiger partial charge in [0.05, 0.1) is 5.71 Å². The highest BCUT2D eigenvalue weighted by atomic mass is 16.7. The molecule has 2 N–H and O–H groups in total. The standard InChI is InChI=1S/C15H16N2O5/c1-9(17-20)10-4-6-11(7-5-10)16-8-12-13(18)21-15(2,3)22-14(12)19/h4-8,16,20H,1-3H3. The lowest BCUT2D eigenvalue weighted by molar-refractivity contribution is -0.222. The van der Waals surface area contributed by atoms with Crippen molar-refractivity contribution in [3.8, 4) is 0 Å². The van der Waals surface area contributed by atoms with Crippen molar-refractivity contribution in [2.75, 3.05) is 5.32 Å². The van der Waals surface area contributed by atoms with Gasteiger partial charge in [-0.15, -0.1) is 0 Å². The van der Waals surface area contributed by atoms with Crippen LogP contribution < -0.4 is 5.32 Å². The van der Waals surface area contributed by atoms with E-state index in [4.69, 9.17) is 14.7 Å². The Morgan fingerprint density at radius 3 is 2.23 bits per heavy atom. The molecule has 116 valence electrons. The number of carbonyl (C=O) groups is 2. The maximum atomic E-state index is 11.7. The van der Waals surface area contributed by atoms with E-state index < -0.39 is 17.7 Å². The molecule has 0 unspecified atom stereocenters. The Morgan fingerprint density at radius 2 is 1.73 bits per heavy atom. The molecule has 7 nitrogen and oxygen atoms in total. The Morgan fingerprint density at radius 1 is 1.18 bits per heavy atom. The first kappa shape index (κ1) is 15.6. The first-order chi connectivity index (χ1) is 10.3. The number of benzene rings is 1. The Kier molecular flexibility index (Phi) is 4.16. The molecule has 0 spiro atoms. The largest absolute Gasteiger partial charge is 0.419 e. The number of hydrogen-bond acceptors (Lipinski definition) is 7. The summed E-state index contributed by atoms with van der Waals surface area (Å²) in [5.74, 6) is -2.74. The van der Waals surface area contributed by atoms with E-state index in [1.54, 1.807) is 31.2 Å². The molecule has 1 aromatic rings. The molecule has 7 heteroatoms. The van der Waals surface area contributed by atoms with Gasteiger partial charge in [0.1, 0.15) is 0 Å². The molecule has 0 saturated carbocycles. The fourth-order valence-electron chi connectivity index (χ4n) is 1.80. The van der Waals surface area contributed by atoms with E-state index in [0.29, 0.717) is 11.4 Å². The van der Waals surface area contributed by atoms with Crippen LogP contribution >= 0.6 is 0 Å². The number of esters is 2. The normalized spacial score (nSPS) is 17.6. The van der Waals surface area contributed by atoms with E-state index in [0.717, 1.165) is 5.56 Å². The summed E-state index contributed by atoms with van der Waals surface area (Å²) < 4.78 is 9.95. The fourth-order valence-corrected chi connectivity index (χ4v) is 1.80. The third kappa shape index (κ3) is 3.43. The molecule has 0 amide bonds. The molecule has 2 rings (SSSR count). The molecule has 1 aliphatic heterocycles. The van der Waals surface area contributed by atoms with Crippen molar-refractivity contribution in [2.24, 2.45) is 5.16 Å². The topological polar surface area (TPSA) is 97.2 Å². The molecule has 0 bridgehead atoms. The van der Waals surface area contributed by atoms with Crippen molar-refractivity contribution < 1.29 is 24.3 Å². The summed E-state index contributed by atoms with van der Waals surface area (Å²) in [4.78, 5) is 23.5. The molecule has 1 aliphatic rings. The number of anilines is 1. The highest BCUT2D eigenvalue weighted by Gasteiger charge is 2.38. The second kappa shape index (κ2) is 5.88. The van der Waals surface area contributed by atoms with Crippen LogP contribution in [0.5, 0.6) is 0 Å². The Balaban J connectivity index is 2.11. The average molecular weight is 304 g/mol. The smallest absolute Gasteiger partial charge is 0.350 e. The zero-order valence-electron chi connectivity index (χ0n) is 12.4. The molecule has 1 saturated heterocycles. The van der Waals surface area contributed by atoms with Gasteiger partial charge in [0.2, 0.25) is 0 Å². The molecule has 1 fully saturated rings. The molecular weight excluding hydrogens is 288 g/mol. The molecular formula is C15H16N2O5. The predicted octanol–water partition coefficient (Wildman–Crippen LogP) is 2.02. The minimum absolute atomic E-state index is 0.212. The first-order valence-electron chi connectivity index (χ1n) is 6.55. The van der Waals surface area contributed by atoms with Crippen LogP contribution in [0, 0.1) is 0 Å². The monoisotopic (exact) mass is 304 g/mol. The van der Waals surface area contributed by atoms with E-state index in [1.807, 2.05) is 0 Å². The minimum atomic E-state index is -1.26. The summed E-state index contributed by atoms with van der Waals surface area (Å²) in [7, 11) is 0. The highest BCUT2D eigenvalue weighted by molar-refractivity contribution is 6.15. The van der Waals surface area contributed by atoms with E-state index in [1.165, 1.54) is 20.0 Å². The van der Waals surface area contributed by atoms with Gasteiger partial charge < -0.3 is 20.0 Å². The van der Waals surface area contributed by atoms with E-state index >= 15 is 0 Å². The van der Waals surface area contributed by atoms with Crippen LogP contribution in [0.15, 0.2) is 41.2 Å². The van der Waals surface area contributed by atoms with Gasteiger partial charge in [-0.3, -0.25) is 0 Å². The molecule has 0 atom stereocenters. The number of nitrogens with zero attached hydrogens (tertiary/aromatic N) is 1. The summed E-state index contributed by atoms with van der Waals surface area (Å²) in [6, 6.07) is 6.89. The molecule has 0 radical (unpaired) electrons. The number of cyclic esters (lactones) is 2. The van der Waals surface area contributed by atoms with Gasteiger partial charge in [-0.1, -0.05) is 17.3 Å². The van der Waals surface area contributed by atoms with Crippen LogP contribution in [0.4, 0.5) is 5.69 Å². The lowest BCUT2D eigenvalue weighted by atomic mass is 10.1. The second-order valence-corrected chi connectivity index (χ2v) is 5.14. The highest BCUT2D eigenvalue weighted by Crippen LogP contribution is 2.22. The van der Waals surface area contributed by atoms with Gasteiger partial charge in [-0.2, -0.15) is 0 Å². The molecule has 22 heavy (non-hydrogen) atoms. The van der Waals surface area contributed by atoms with E-state index in [-0.39, 0.29) is 5.57 Å². The fraction of sp³-hybridized carbons (Fsp3) is 0.267. The number of rotatable bonds is 3. The minimum Gasteiger partial charge on any atom is -0.419 e. The average Bonchev–Trinajstić information content (AvgIpc) is 2.45. The number of hydrogen-bond donors (Lipinski definition) is 2. The third-order valence-corrected chi connectivity index (χ3v) is 2.95. The summed E-state index contributed by atoms with van der Waals surface area (Å²) >= 11 is 0. The maximum absolute atomic E-state index is 11.7. The van der Waals surface area contributed by atoms with Crippen molar-refractivity contribution in [1.82, 2.24) is 0 Å². The quantitative estimate of drug-likeness (QED) is 0.221. The first-order valence-corrected chi connectivity index (χ1v) is 6.55. The van der Waals surface area contributed by atoms with Gasteiger partial charge in [0, 0.05) is 25.7 Å². The Bertz CT molecular complexity index is 637. The van der Waals surface area contributed by atoms with Gasteiger partial charge in [0.15, 0.2) is 5.57 Å². The van der Waals surface area contributed by atoms with E-state index in [2.05, 4.69) is 10.5 Å².